The van der Waals surface area contributed by atoms with Crippen LogP contribution in [0, 0.1) is 0 Å². The molecular weight excluding hydrogens is 729 g/mol. The Labute approximate surface area is 343 Å². The van der Waals surface area contributed by atoms with Gasteiger partial charge >= 0.3 is 19.8 Å². The van der Waals surface area contributed by atoms with E-state index in [1.165, 1.54) is 135 Å². The molecule has 0 bridgehead atoms. The second-order valence-corrected chi connectivity index (χ2v) is 17.0. The van der Waals surface area contributed by atoms with E-state index in [4.69, 9.17) is 29.4 Å². The molecule has 3 unspecified atom stereocenters. The number of hydrogen-bond acceptors (Lipinski definition) is 8. The van der Waals surface area contributed by atoms with E-state index in [1.54, 1.807) is 0 Å². The van der Waals surface area contributed by atoms with Crippen molar-refractivity contribution in [3.8, 4) is 0 Å². The van der Waals surface area contributed by atoms with Gasteiger partial charge in [-0.1, -0.05) is 186 Å². The van der Waals surface area contributed by atoms with Crippen LogP contribution >= 0.6 is 7.82 Å². The van der Waals surface area contributed by atoms with E-state index in [0.717, 1.165) is 51.4 Å². The fourth-order valence-electron chi connectivity index (χ4n) is 6.40. The zero-order valence-electron chi connectivity index (χ0n) is 36.0. The van der Waals surface area contributed by atoms with E-state index in [2.05, 4.69) is 38.2 Å². The molecule has 0 amide bonds. The molecule has 0 aromatic carbocycles. The molecule has 11 heteroatoms. The summed E-state index contributed by atoms with van der Waals surface area (Å²) in [6.07, 6.45) is 45.1. The van der Waals surface area contributed by atoms with Crippen molar-refractivity contribution >= 4 is 19.8 Å². The molecule has 0 fully saturated rings. The lowest BCUT2D eigenvalue weighted by atomic mass is 10.0. The molecular formula is C45H86NO9P. The number of allylic oxidation sites excluding steroid dienone is 4. The molecule has 0 radical (unpaired) electrons. The second kappa shape index (κ2) is 41.6. The molecule has 0 heterocycles. The molecule has 0 aliphatic heterocycles. The fourth-order valence-corrected chi connectivity index (χ4v) is 7.18. The molecule has 0 aromatic rings. The monoisotopic (exact) mass is 816 g/mol. The number of carbonyl (C=O) groups is 2. The smallest absolute Gasteiger partial charge is 0.472 e. The number of ether oxygens (including phenoxy) is 2. The number of rotatable bonds is 44. The third kappa shape index (κ3) is 40.6. The first-order valence-corrected chi connectivity index (χ1v) is 24.4. The van der Waals surface area contributed by atoms with Crippen LogP contribution in [0.3, 0.4) is 0 Å². The highest BCUT2D eigenvalue weighted by atomic mass is 31.2. The van der Waals surface area contributed by atoms with Crippen molar-refractivity contribution in [2.45, 2.75) is 225 Å². The predicted octanol–water partition coefficient (Wildman–Crippen LogP) is 12.7. The predicted molar refractivity (Wildman–Crippen MR) is 231 cm³/mol. The van der Waals surface area contributed by atoms with E-state index in [1.807, 2.05) is 0 Å². The summed E-state index contributed by atoms with van der Waals surface area (Å²) in [7, 11) is -4.61. The number of carboxylic acid groups (broad SMARTS) is 1. The Balaban J connectivity index is 4.17. The zero-order valence-corrected chi connectivity index (χ0v) is 36.9. The van der Waals surface area contributed by atoms with Crippen molar-refractivity contribution in [3.63, 3.8) is 0 Å². The van der Waals surface area contributed by atoms with E-state index in [0.29, 0.717) is 13.0 Å². The van der Waals surface area contributed by atoms with Crippen LogP contribution in [0.4, 0.5) is 0 Å². The van der Waals surface area contributed by atoms with Gasteiger partial charge in [-0.2, -0.15) is 0 Å². The Bertz CT molecular complexity index is 993. The normalized spacial score (nSPS) is 14.1. The number of nitrogens with two attached hydrogens (primary N) is 1. The Morgan fingerprint density at radius 2 is 0.982 bits per heavy atom. The van der Waals surface area contributed by atoms with Crippen LogP contribution in [0.1, 0.15) is 213 Å². The van der Waals surface area contributed by atoms with Crippen molar-refractivity contribution in [2.24, 2.45) is 5.73 Å². The molecule has 0 aromatic heterocycles. The molecule has 0 rings (SSSR count). The van der Waals surface area contributed by atoms with E-state index < -0.39 is 45.1 Å². The van der Waals surface area contributed by atoms with Gasteiger partial charge in [-0.15, -0.1) is 0 Å². The van der Waals surface area contributed by atoms with Crippen LogP contribution in [0.25, 0.3) is 0 Å². The van der Waals surface area contributed by atoms with Crippen LogP contribution < -0.4 is 5.73 Å². The summed E-state index contributed by atoms with van der Waals surface area (Å²) in [6, 6.07) is -1.47. The second-order valence-electron chi connectivity index (χ2n) is 15.5. The number of phosphoric ester groups is 1. The number of carboxylic acids is 1. The van der Waals surface area contributed by atoms with Crippen molar-refractivity contribution in [1.29, 1.82) is 0 Å². The summed E-state index contributed by atoms with van der Waals surface area (Å²) in [4.78, 5) is 33.6. The van der Waals surface area contributed by atoms with E-state index in [9.17, 15) is 19.0 Å². The van der Waals surface area contributed by atoms with Gasteiger partial charge in [-0.05, 0) is 44.9 Å². The van der Waals surface area contributed by atoms with Crippen LogP contribution in [0.2, 0.25) is 0 Å². The van der Waals surface area contributed by atoms with Gasteiger partial charge in [0.2, 0.25) is 0 Å². The highest BCUT2D eigenvalue weighted by Crippen LogP contribution is 2.43. The van der Waals surface area contributed by atoms with Gasteiger partial charge in [-0.3, -0.25) is 18.6 Å². The van der Waals surface area contributed by atoms with Crippen LogP contribution in [-0.4, -0.2) is 60.5 Å². The van der Waals surface area contributed by atoms with Crippen molar-refractivity contribution in [1.82, 2.24) is 0 Å². The fraction of sp³-hybridized carbons (Fsp3) is 0.867. The van der Waals surface area contributed by atoms with E-state index >= 15 is 0 Å². The SMILES string of the molecule is CCCCCCC/C=C\C/C=C\CCCCCCCCCCCC(=O)OC(COCCCCCCCCCCCCCCC)COP(=O)(O)OCC(N)C(=O)O. The number of carbonyl (C=O) groups excluding carboxylic acids is 1. The van der Waals surface area contributed by atoms with Crippen molar-refractivity contribution < 1.29 is 42.7 Å². The molecule has 330 valence electrons. The van der Waals surface area contributed by atoms with Gasteiger partial charge in [0, 0.05) is 13.0 Å². The highest BCUT2D eigenvalue weighted by Gasteiger charge is 2.27. The molecule has 10 nitrogen and oxygen atoms in total. The third-order valence-corrected chi connectivity index (χ3v) is 10.9. The quantitative estimate of drug-likeness (QED) is 0.0234. The summed E-state index contributed by atoms with van der Waals surface area (Å²) in [6.45, 7) is 3.89. The molecule has 0 spiro atoms. The maximum absolute atomic E-state index is 12.6. The molecule has 4 N–H and O–H groups in total. The van der Waals surface area contributed by atoms with Gasteiger partial charge in [-0.25, -0.2) is 4.57 Å². The van der Waals surface area contributed by atoms with Gasteiger partial charge in [0.15, 0.2) is 0 Å². The van der Waals surface area contributed by atoms with E-state index in [-0.39, 0.29) is 13.0 Å². The maximum atomic E-state index is 12.6. The number of phosphoric acid groups is 1. The summed E-state index contributed by atoms with van der Waals surface area (Å²) >= 11 is 0. The lowest BCUT2D eigenvalue weighted by Gasteiger charge is -2.20. The standard InChI is InChI=1S/C45H86NO9P/c1-3-5-7-9-11-13-15-17-18-19-20-21-22-23-24-25-27-29-31-33-35-37-44(47)55-42(40-53-56(50,51)54-41-43(46)45(48)49)39-52-38-36-34-32-30-28-26-16-14-12-10-8-6-4-2/h15,17,19-20,42-43H,3-14,16,18,21-41,46H2,1-2H3,(H,48,49)(H,50,51)/b17-15-,20-19-. The van der Waals surface area contributed by atoms with Crippen molar-refractivity contribution in [3.05, 3.63) is 24.3 Å². The lowest BCUT2D eigenvalue weighted by molar-refractivity contribution is -0.154. The van der Waals surface area contributed by atoms with Gasteiger partial charge < -0.3 is 25.2 Å². The third-order valence-electron chi connectivity index (χ3n) is 9.98. The van der Waals surface area contributed by atoms with Gasteiger partial charge in [0.25, 0.3) is 0 Å². The average molecular weight is 816 g/mol. The summed E-state index contributed by atoms with van der Waals surface area (Å²) < 4.78 is 33.4. The molecule has 3 atom stereocenters. The number of aliphatic carboxylic acids is 1. The molecule has 0 aliphatic rings. The number of hydrogen-bond donors (Lipinski definition) is 3. The van der Waals surface area contributed by atoms with Crippen LogP contribution in [0.15, 0.2) is 24.3 Å². The Morgan fingerprint density at radius 3 is 1.45 bits per heavy atom. The molecule has 56 heavy (non-hydrogen) atoms. The first kappa shape index (κ1) is 54.5. The minimum atomic E-state index is -4.61. The largest absolute Gasteiger partial charge is 0.480 e. The number of unbranched alkanes of at least 4 members (excludes halogenated alkanes) is 26. The first-order valence-electron chi connectivity index (χ1n) is 22.9. The van der Waals surface area contributed by atoms with Gasteiger partial charge in [0.1, 0.15) is 12.1 Å². The Kier molecular flexibility index (Phi) is 40.5. The van der Waals surface area contributed by atoms with Crippen LogP contribution in [0.5, 0.6) is 0 Å². The Hall–Kier alpha value is -1.55. The summed E-state index contributed by atoms with van der Waals surface area (Å²) in [5.74, 6) is -1.78. The lowest BCUT2D eigenvalue weighted by Crippen LogP contribution is -2.34. The average Bonchev–Trinajstić information content (AvgIpc) is 3.18. The summed E-state index contributed by atoms with van der Waals surface area (Å²) in [5, 5.41) is 8.90. The Morgan fingerprint density at radius 1 is 0.571 bits per heavy atom. The minimum Gasteiger partial charge on any atom is -0.480 e. The highest BCUT2D eigenvalue weighted by molar-refractivity contribution is 7.47. The first-order chi connectivity index (χ1) is 27.2. The van der Waals surface area contributed by atoms with Crippen LogP contribution in [-0.2, 0) is 32.7 Å². The minimum absolute atomic E-state index is 0.0194. The molecule has 0 saturated carbocycles. The number of esters is 1. The molecule has 0 aliphatic carbocycles. The molecule has 0 saturated heterocycles. The van der Waals surface area contributed by atoms with Gasteiger partial charge in [0.05, 0.1) is 19.8 Å². The van der Waals surface area contributed by atoms with Crippen molar-refractivity contribution in [2.75, 3.05) is 26.4 Å². The maximum Gasteiger partial charge on any atom is 0.472 e. The summed E-state index contributed by atoms with van der Waals surface area (Å²) in [5.41, 5.74) is 5.36. The zero-order chi connectivity index (χ0) is 41.2. The topological polar surface area (TPSA) is 155 Å².